The van der Waals surface area contributed by atoms with Crippen LogP contribution in [-0.2, 0) is 6.42 Å². The van der Waals surface area contributed by atoms with Crippen LogP contribution < -0.4 is 4.90 Å². The molecular formula is C15H14FN3. The zero-order valence-electron chi connectivity index (χ0n) is 10.7. The maximum Gasteiger partial charge on any atom is 0.126 e. The van der Waals surface area contributed by atoms with E-state index in [1.54, 1.807) is 18.5 Å². The van der Waals surface area contributed by atoms with Gasteiger partial charge in [0.05, 0.1) is 11.6 Å². The molecule has 1 aromatic heterocycles. The highest BCUT2D eigenvalue weighted by Crippen LogP contribution is 2.17. The van der Waals surface area contributed by atoms with Crippen molar-refractivity contribution in [3.05, 3.63) is 59.7 Å². The summed E-state index contributed by atoms with van der Waals surface area (Å²) in [6.07, 6.45) is 4.36. The summed E-state index contributed by atoms with van der Waals surface area (Å²) in [5.74, 6) is -0.384. The fourth-order valence-corrected chi connectivity index (χ4v) is 1.83. The summed E-state index contributed by atoms with van der Waals surface area (Å²) in [7, 11) is 1.89. The summed E-state index contributed by atoms with van der Waals surface area (Å²) in [5.41, 5.74) is 2.23. The summed E-state index contributed by atoms with van der Waals surface area (Å²) in [5, 5.41) is 8.83. The zero-order chi connectivity index (χ0) is 13.7. The highest BCUT2D eigenvalue weighted by Gasteiger charge is 2.05. The number of nitrogens with zero attached hydrogens (tertiary/aromatic N) is 3. The topological polar surface area (TPSA) is 39.9 Å². The minimum absolute atomic E-state index is 0.339. The van der Waals surface area contributed by atoms with Crippen molar-refractivity contribution in [3.8, 4) is 6.07 Å². The highest BCUT2D eigenvalue weighted by molar-refractivity contribution is 5.51. The Labute approximate surface area is 111 Å². The molecule has 2 rings (SSSR count). The van der Waals surface area contributed by atoms with Crippen LogP contribution in [-0.4, -0.2) is 18.6 Å². The number of anilines is 1. The van der Waals surface area contributed by atoms with E-state index in [0.717, 1.165) is 13.0 Å². The molecule has 3 nitrogen and oxygen atoms in total. The van der Waals surface area contributed by atoms with Crippen LogP contribution in [0.2, 0.25) is 0 Å². The molecule has 2 aromatic rings. The average Bonchev–Trinajstić information content (AvgIpc) is 2.45. The Bertz CT molecular complexity index is 590. The number of nitriles is 1. The Balaban J connectivity index is 2.06. The van der Waals surface area contributed by atoms with Crippen LogP contribution in [0, 0.1) is 17.1 Å². The molecule has 0 aliphatic rings. The Morgan fingerprint density at radius 2 is 2.00 bits per heavy atom. The number of halogens is 1. The molecule has 0 amide bonds. The molecule has 1 heterocycles. The molecule has 0 fully saturated rings. The van der Waals surface area contributed by atoms with E-state index in [2.05, 4.69) is 4.98 Å². The lowest BCUT2D eigenvalue weighted by molar-refractivity contribution is 0.626. The van der Waals surface area contributed by atoms with Gasteiger partial charge in [0.15, 0.2) is 0 Å². The van der Waals surface area contributed by atoms with E-state index in [1.807, 2.05) is 30.1 Å². The van der Waals surface area contributed by atoms with Crippen molar-refractivity contribution in [2.24, 2.45) is 0 Å². The molecule has 19 heavy (non-hydrogen) atoms. The van der Waals surface area contributed by atoms with Gasteiger partial charge < -0.3 is 4.90 Å². The lowest BCUT2D eigenvalue weighted by Gasteiger charge is -2.19. The van der Waals surface area contributed by atoms with Crippen molar-refractivity contribution in [2.75, 3.05) is 18.5 Å². The highest BCUT2D eigenvalue weighted by atomic mass is 19.1. The Kier molecular flexibility index (Phi) is 4.09. The maximum atomic E-state index is 13.4. The van der Waals surface area contributed by atoms with Gasteiger partial charge in [0, 0.05) is 31.7 Å². The third-order valence-electron chi connectivity index (χ3n) is 2.94. The fourth-order valence-electron chi connectivity index (χ4n) is 1.83. The maximum absolute atomic E-state index is 13.4. The third kappa shape index (κ3) is 3.52. The molecular weight excluding hydrogens is 241 g/mol. The second-order valence-corrected chi connectivity index (χ2v) is 4.34. The van der Waals surface area contributed by atoms with E-state index < -0.39 is 0 Å². The van der Waals surface area contributed by atoms with E-state index in [0.29, 0.717) is 11.3 Å². The lowest BCUT2D eigenvalue weighted by Crippen LogP contribution is -2.20. The number of pyridine rings is 1. The lowest BCUT2D eigenvalue weighted by atomic mass is 10.1. The van der Waals surface area contributed by atoms with Crippen molar-refractivity contribution < 1.29 is 4.39 Å². The molecule has 0 spiro atoms. The van der Waals surface area contributed by atoms with Gasteiger partial charge in [-0.1, -0.05) is 0 Å². The van der Waals surface area contributed by atoms with Crippen LogP contribution in [0.5, 0.6) is 0 Å². The molecule has 0 saturated carbocycles. The van der Waals surface area contributed by atoms with Gasteiger partial charge in [0.1, 0.15) is 5.82 Å². The van der Waals surface area contributed by atoms with Gasteiger partial charge in [-0.05, 0) is 42.3 Å². The zero-order valence-corrected chi connectivity index (χ0v) is 10.7. The molecule has 0 unspecified atom stereocenters. The normalized spacial score (nSPS) is 9.95. The van der Waals surface area contributed by atoms with Gasteiger partial charge in [0.2, 0.25) is 0 Å². The first kappa shape index (κ1) is 13.0. The smallest absolute Gasteiger partial charge is 0.126 e. The van der Waals surface area contributed by atoms with Crippen molar-refractivity contribution in [1.29, 1.82) is 5.26 Å². The van der Waals surface area contributed by atoms with Gasteiger partial charge >= 0.3 is 0 Å². The molecule has 96 valence electrons. The first-order valence-electron chi connectivity index (χ1n) is 6.00. The molecule has 0 aliphatic heterocycles. The molecule has 1 aromatic carbocycles. The minimum atomic E-state index is -0.384. The summed E-state index contributed by atoms with van der Waals surface area (Å²) in [4.78, 5) is 5.90. The van der Waals surface area contributed by atoms with Gasteiger partial charge in [0.25, 0.3) is 0 Å². The van der Waals surface area contributed by atoms with Gasteiger partial charge in [-0.15, -0.1) is 0 Å². The van der Waals surface area contributed by atoms with E-state index in [1.165, 1.54) is 17.7 Å². The molecule has 0 atom stereocenters. The number of hydrogen-bond donors (Lipinski definition) is 0. The summed E-state index contributed by atoms with van der Waals surface area (Å²) >= 11 is 0. The van der Waals surface area contributed by atoms with Crippen molar-refractivity contribution in [1.82, 2.24) is 4.98 Å². The number of likely N-dealkylation sites (N-methyl/N-ethyl adjacent to an activating group) is 1. The van der Waals surface area contributed by atoms with E-state index >= 15 is 0 Å². The average molecular weight is 255 g/mol. The van der Waals surface area contributed by atoms with Crippen molar-refractivity contribution in [3.63, 3.8) is 0 Å². The second kappa shape index (κ2) is 5.96. The standard InChI is InChI=1S/C15H14FN3/c1-19(7-4-12-2-5-18-6-3-12)15-9-13(11-17)8-14(16)10-15/h2-3,5-6,8-10H,4,7H2,1H3. The summed E-state index contributed by atoms with van der Waals surface area (Å²) < 4.78 is 13.4. The van der Waals surface area contributed by atoms with Crippen LogP contribution in [0.3, 0.4) is 0 Å². The minimum Gasteiger partial charge on any atom is -0.374 e. The predicted molar refractivity (Wildman–Crippen MR) is 72.3 cm³/mol. The van der Waals surface area contributed by atoms with Gasteiger partial charge in [-0.3, -0.25) is 4.98 Å². The Hall–Kier alpha value is -2.41. The second-order valence-electron chi connectivity index (χ2n) is 4.34. The summed E-state index contributed by atoms with van der Waals surface area (Å²) in [6, 6.07) is 10.2. The van der Waals surface area contributed by atoms with Gasteiger partial charge in [-0.25, -0.2) is 4.39 Å². The fraction of sp³-hybridized carbons (Fsp3) is 0.200. The molecule has 0 bridgehead atoms. The monoisotopic (exact) mass is 255 g/mol. The van der Waals surface area contributed by atoms with Crippen LogP contribution in [0.4, 0.5) is 10.1 Å². The van der Waals surface area contributed by atoms with E-state index in [4.69, 9.17) is 5.26 Å². The van der Waals surface area contributed by atoms with Gasteiger partial charge in [-0.2, -0.15) is 5.26 Å². The Morgan fingerprint density at radius 3 is 2.68 bits per heavy atom. The molecule has 4 heteroatoms. The largest absolute Gasteiger partial charge is 0.374 e. The number of rotatable bonds is 4. The number of benzene rings is 1. The van der Waals surface area contributed by atoms with Crippen LogP contribution in [0.15, 0.2) is 42.7 Å². The Morgan fingerprint density at radius 1 is 1.26 bits per heavy atom. The molecule has 0 radical (unpaired) electrons. The van der Waals surface area contributed by atoms with Crippen molar-refractivity contribution >= 4 is 5.69 Å². The SMILES string of the molecule is CN(CCc1ccncc1)c1cc(F)cc(C#N)c1. The number of hydrogen-bond acceptors (Lipinski definition) is 3. The van der Waals surface area contributed by atoms with E-state index in [9.17, 15) is 4.39 Å². The number of aromatic nitrogens is 1. The molecule has 0 aliphatic carbocycles. The molecule has 0 saturated heterocycles. The third-order valence-corrected chi connectivity index (χ3v) is 2.94. The van der Waals surface area contributed by atoms with Crippen LogP contribution in [0.1, 0.15) is 11.1 Å². The quantitative estimate of drug-likeness (QED) is 0.843. The van der Waals surface area contributed by atoms with Crippen LogP contribution >= 0.6 is 0 Å². The van der Waals surface area contributed by atoms with E-state index in [-0.39, 0.29) is 5.82 Å². The first-order chi connectivity index (χ1) is 9.19. The predicted octanol–water partition coefficient (Wildman–Crippen LogP) is 2.77. The summed E-state index contributed by atoms with van der Waals surface area (Å²) in [6.45, 7) is 0.748. The van der Waals surface area contributed by atoms with Crippen molar-refractivity contribution in [2.45, 2.75) is 6.42 Å². The molecule has 0 N–H and O–H groups in total. The first-order valence-corrected chi connectivity index (χ1v) is 6.00. The van der Waals surface area contributed by atoms with Crippen LogP contribution in [0.25, 0.3) is 0 Å².